The largest absolute Gasteiger partial charge is 0.480 e. The minimum Gasteiger partial charge on any atom is -0.480 e. The first-order chi connectivity index (χ1) is 13.4. The van der Waals surface area contributed by atoms with Crippen molar-refractivity contribution >= 4 is 11.9 Å². The second-order valence-corrected chi connectivity index (χ2v) is 6.51. The van der Waals surface area contributed by atoms with Gasteiger partial charge in [0.1, 0.15) is 11.9 Å². The van der Waals surface area contributed by atoms with Gasteiger partial charge >= 0.3 is 5.97 Å². The molecule has 3 N–H and O–H groups in total. The molecule has 0 bridgehead atoms. The van der Waals surface area contributed by atoms with E-state index in [0.29, 0.717) is 22.5 Å². The lowest BCUT2D eigenvalue weighted by Crippen LogP contribution is -2.43. The zero-order chi connectivity index (χ0) is 20.1. The van der Waals surface area contributed by atoms with Crippen LogP contribution in [-0.4, -0.2) is 33.2 Å². The second-order valence-electron chi connectivity index (χ2n) is 6.51. The predicted octanol–water partition coefficient (Wildman–Crippen LogP) is 2.88. The van der Waals surface area contributed by atoms with Crippen molar-refractivity contribution in [3.05, 3.63) is 77.2 Å². The Hall–Kier alpha value is -3.48. The third kappa shape index (κ3) is 4.62. The van der Waals surface area contributed by atoms with Gasteiger partial charge in [0.05, 0.1) is 12.1 Å². The molecule has 0 fully saturated rings. The maximum Gasteiger partial charge on any atom is 0.326 e. The number of aromatic nitrogens is 2. The molecular formula is C21H20FN3O3. The number of nitrogens with one attached hydrogen (secondary N) is 2. The summed E-state index contributed by atoms with van der Waals surface area (Å²) >= 11 is 0. The van der Waals surface area contributed by atoms with Crippen molar-refractivity contribution in [2.45, 2.75) is 25.8 Å². The monoisotopic (exact) mass is 381 g/mol. The zero-order valence-electron chi connectivity index (χ0n) is 15.3. The van der Waals surface area contributed by atoms with Crippen molar-refractivity contribution in [1.82, 2.24) is 15.5 Å². The molecule has 2 aromatic carbocycles. The van der Waals surface area contributed by atoms with E-state index < -0.39 is 17.9 Å². The van der Waals surface area contributed by atoms with Crippen LogP contribution in [0.3, 0.4) is 0 Å². The number of benzene rings is 2. The summed E-state index contributed by atoms with van der Waals surface area (Å²) in [6.45, 7) is 1.78. The number of nitrogens with zero attached hydrogens (tertiary/aromatic N) is 1. The minimum absolute atomic E-state index is 0.0341. The number of carbonyl (C=O) groups is 2. The third-order valence-corrected chi connectivity index (χ3v) is 4.44. The van der Waals surface area contributed by atoms with E-state index in [1.54, 1.807) is 19.1 Å². The van der Waals surface area contributed by atoms with Crippen LogP contribution in [0.1, 0.15) is 16.8 Å². The third-order valence-electron chi connectivity index (χ3n) is 4.44. The van der Waals surface area contributed by atoms with Crippen LogP contribution in [0.4, 0.5) is 4.39 Å². The number of hydrogen-bond donors (Lipinski definition) is 3. The Kier molecular flexibility index (Phi) is 5.84. The maximum absolute atomic E-state index is 13.2. The molecule has 0 unspecified atom stereocenters. The summed E-state index contributed by atoms with van der Waals surface area (Å²) in [6.07, 6.45) is 0.157. The highest BCUT2D eigenvalue weighted by Gasteiger charge is 2.22. The highest BCUT2D eigenvalue weighted by atomic mass is 19.1. The van der Waals surface area contributed by atoms with Crippen molar-refractivity contribution in [3.63, 3.8) is 0 Å². The van der Waals surface area contributed by atoms with Crippen molar-refractivity contribution in [3.8, 4) is 11.3 Å². The normalized spacial score (nSPS) is 11.8. The van der Waals surface area contributed by atoms with E-state index in [4.69, 9.17) is 0 Å². The summed E-state index contributed by atoms with van der Waals surface area (Å²) in [5.74, 6) is -1.88. The van der Waals surface area contributed by atoms with E-state index in [0.717, 1.165) is 5.56 Å². The van der Waals surface area contributed by atoms with Gasteiger partial charge in [-0.15, -0.1) is 0 Å². The lowest BCUT2D eigenvalue weighted by Gasteiger charge is -2.15. The molecule has 0 aliphatic heterocycles. The Bertz CT molecular complexity index is 968. The quantitative estimate of drug-likeness (QED) is 0.586. The lowest BCUT2D eigenvalue weighted by molar-refractivity contribution is -0.141. The Morgan fingerprint density at radius 3 is 2.46 bits per heavy atom. The molecule has 144 valence electrons. The van der Waals surface area contributed by atoms with Gasteiger partial charge in [-0.3, -0.25) is 9.89 Å². The highest BCUT2D eigenvalue weighted by Crippen LogP contribution is 2.24. The smallest absolute Gasteiger partial charge is 0.326 e. The molecule has 0 aliphatic rings. The van der Waals surface area contributed by atoms with Gasteiger partial charge in [-0.1, -0.05) is 30.3 Å². The van der Waals surface area contributed by atoms with Crippen LogP contribution in [-0.2, 0) is 22.4 Å². The molecule has 6 nitrogen and oxygen atoms in total. The SMILES string of the molecule is Cc1[nH]nc(-c2ccc(F)cc2)c1CC(=O)N[C@@H](Cc1ccccc1)C(=O)O. The number of halogens is 1. The van der Waals surface area contributed by atoms with E-state index >= 15 is 0 Å². The number of H-pyrrole nitrogens is 1. The number of carboxylic acids is 1. The van der Waals surface area contributed by atoms with Crippen molar-refractivity contribution in [1.29, 1.82) is 0 Å². The number of aryl methyl sites for hydroxylation is 1. The molecule has 1 atom stereocenters. The lowest BCUT2D eigenvalue weighted by atomic mass is 10.0. The summed E-state index contributed by atoms with van der Waals surface area (Å²) < 4.78 is 13.2. The molecule has 7 heteroatoms. The number of carbonyl (C=O) groups excluding carboxylic acids is 1. The Morgan fingerprint density at radius 2 is 1.82 bits per heavy atom. The van der Waals surface area contributed by atoms with Gasteiger partial charge in [-0.25, -0.2) is 9.18 Å². The van der Waals surface area contributed by atoms with Crippen molar-refractivity contribution < 1.29 is 19.1 Å². The standard InChI is InChI=1S/C21H20FN3O3/c1-13-17(20(25-24-13)15-7-9-16(22)10-8-15)12-19(26)23-18(21(27)28)11-14-5-3-2-4-6-14/h2-10,18H,11-12H2,1H3,(H,23,26)(H,24,25)(H,27,28)/t18-/m0/s1. The van der Waals surface area contributed by atoms with E-state index in [9.17, 15) is 19.1 Å². The Morgan fingerprint density at radius 1 is 1.14 bits per heavy atom. The number of hydrogen-bond acceptors (Lipinski definition) is 3. The molecule has 3 rings (SSSR count). The molecule has 1 aromatic heterocycles. The number of rotatable bonds is 7. The van der Waals surface area contributed by atoms with Gasteiger partial charge in [0.2, 0.25) is 5.91 Å². The summed E-state index contributed by atoms with van der Waals surface area (Å²) in [6, 6.07) is 13.9. The van der Waals surface area contributed by atoms with Crippen LogP contribution >= 0.6 is 0 Å². The van der Waals surface area contributed by atoms with Gasteiger partial charge in [0.25, 0.3) is 0 Å². The summed E-state index contributed by atoms with van der Waals surface area (Å²) in [4.78, 5) is 24.1. The molecule has 1 heterocycles. The van der Waals surface area contributed by atoms with Gasteiger partial charge in [0, 0.05) is 23.2 Å². The molecule has 3 aromatic rings. The average Bonchev–Trinajstić information content (AvgIpc) is 3.03. The van der Waals surface area contributed by atoms with Crippen LogP contribution in [0, 0.1) is 12.7 Å². The van der Waals surface area contributed by atoms with Crippen LogP contribution in [0.25, 0.3) is 11.3 Å². The van der Waals surface area contributed by atoms with Crippen molar-refractivity contribution in [2.75, 3.05) is 0 Å². The Labute approximate surface area is 161 Å². The first-order valence-corrected chi connectivity index (χ1v) is 8.80. The van der Waals surface area contributed by atoms with Crippen molar-refractivity contribution in [2.24, 2.45) is 0 Å². The van der Waals surface area contributed by atoms with Gasteiger partial charge in [0.15, 0.2) is 0 Å². The predicted molar refractivity (Wildman–Crippen MR) is 102 cm³/mol. The Balaban J connectivity index is 1.74. The molecule has 0 radical (unpaired) electrons. The maximum atomic E-state index is 13.2. The fourth-order valence-electron chi connectivity index (χ4n) is 2.97. The van der Waals surface area contributed by atoms with E-state index in [-0.39, 0.29) is 18.7 Å². The molecule has 0 saturated carbocycles. The van der Waals surface area contributed by atoms with Crippen LogP contribution in [0.15, 0.2) is 54.6 Å². The van der Waals surface area contributed by atoms with Crippen LogP contribution in [0.2, 0.25) is 0 Å². The molecule has 1 amide bonds. The van der Waals surface area contributed by atoms with Crippen LogP contribution in [0.5, 0.6) is 0 Å². The topological polar surface area (TPSA) is 95.1 Å². The summed E-state index contributed by atoms with van der Waals surface area (Å²) in [7, 11) is 0. The number of amides is 1. The average molecular weight is 381 g/mol. The second kappa shape index (κ2) is 8.47. The molecular weight excluding hydrogens is 361 g/mol. The van der Waals surface area contributed by atoms with E-state index in [1.807, 2.05) is 30.3 Å². The van der Waals surface area contributed by atoms with Gasteiger partial charge < -0.3 is 10.4 Å². The number of aromatic amines is 1. The van der Waals surface area contributed by atoms with Crippen LogP contribution < -0.4 is 5.32 Å². The molecule has 28 heavy (non-hydrogen) atoms. The van der Waals surface area contributed by atoms with Gasteiger partial charge in [-0.05, 0) is 36.8 Å². The van der Waals surface area contributed by atoms with E-state index in [1.165, 1.54) is 12.1 Å². The number of carboxylic acid groups (broad SMARTS) is 1. The fourth-order valence-corrected chi connectivity index (χ4v) is 2.97. The fraction of sp³-hybridized carbons (Fsp3) is 0.190. The highest BCUT2D eigenvalue weighted by molar-refractivity contribution is 5.86. The number of aliphatic carboxylic acids is 1. The van der Waals surface area contributed by atoms with Gasteiger partial charge in [-0.2, -0.15) is 5.10 Å². The molecule has 0 aliphatic carbocycles. The van der Waals surface area contributed by atoms with E-state index in [2.05, 4.69) is 15.5 Å². The summed E-state index contributed by atoms with van der Waals surface area (Å²) in [5.41, 5.74) is 3.38. The molecule has 0 saturated heterocycles. The first kappa shape index (κ1) is 19.3. The molecule has 0 spiro atoms. The minimum atomic E-state index is -1.10. The zero-order valence-corrected chi connectivity index (χ0v) is 15.3. The summed E-state index contributed by atoms with van der Waals surface area (Å²) in [5, 5.41) is 19.1. The first-order valence-electron chi connectivity index (χ1n) is 8.80.